The standard InChI is InChI=1S/C11H15N3O/c1-3-5-14(4-2)11-6-10(13-9-15)7-12-8-11/h6-8H,3-5H2,1-2H3. The van der Waals surface area contributed by atoms with Crippen LogP contribution in [0.4, 0.5) is 11.4 Å². The molecular weight excluding hydrogens is 190 g/mol. The van der Waals surface area contributed by atoms with Gasteiger partial charge in [-0.3, -0.25) is 4.98 Å². The number of aromatic nitrogens is 1. The average Bonchev–Trinajstić information content (AvgIpc) is 2.27. The van der Waals surface area contributed by atoms with Gasteiger partial charge in [-0.15, -0.1) is 0 Å². The Bertz CT molecular complexity index is 359. The largest absolute Gasteiger partial charge is 0.371 e. The molecule has 1 heterocycles. The van der Waals surface area contributed by atoms with Crippen LogP contribution < -0.4 is 4.90 Å². The van der Waals surface area contributed by atoms with Gasteiger partial charge in [0.05, 0.1) is 23.8 Å². The summed E-state index contributed by atoms with van der Waals surface area (Å²) in [6.07, 6.45) is 5.93. The zero-order chi connectivity index (χ0) is 11.1. The fourth-order valence-electron chi connectivity index (χ4n) is 1.44. The topological polar surface area (TPSA) is 45.6 Å². The van der Waals surface area contributed by atoms with Crippen LogP contribution in [0.5, 0.6) is 0 Å². The first-order valence-corrected chi connectivity index (χ1v) is 5.09. The lowest BCUT2D eigenvalue weighted by molar-refractivity contribution is 0.565. The van der Waals surface area contributed by atoms with Crippen LogP contribution in [0.3, 0.4) is 0 Å². The highest BCUT2D eigenvalue weighted by atomic mass is 16.1. The minimum atomic E-state index is 0.553. The Morgan fingerprint density at radius 1 is 1.47 bits per heavy atom. The first kappa shape index (κ1) is 11.4. The summed E-state index contributed by atoms with van der Waals surface area (Å²) >= 11 is 0. The van der Waals surface area contributed by atoms with E-state index in [0.717, 1.165) is 25.2 Å². The van der Waals surface area contributed by atoms with Crippen LogP contribution in [-0.4, -0.2) is 24.2 Å². The Morgan fingerprint density at radius 3 is 2.87 bits per heavy atom. The van der Waals surface area contributed by atoms with Gasteiger partial charge in [-0.25, -0.2) is 4.79 Å². The van der Waals surface area contributed by atoms with E-state index >= 15 is 0 Å². The van der Waals surface area contributed by atoms with Gasteiger partial charge in [0, 0.05) is 13.1 Å². The van der Waals surface area contributed by atoms with E-state index in [1.165, 1.54) is 6.08 Å². The van der Waals surface area contributed by atoms with Crippen LogP contribution in [0.15, 0.2) is 23.5 Å². The van der Waals surface area contributed by atoms with Gasteiger partial charge in [0.25, 0.3) is 0 Å². The monoisotopic (exact) mass is 205 g/mol. The lowest BCUT2D eigenvalue weighted by Gasteiger charge is -2.21. The molecule has 0 spiro atoms. The number of carbonyl (C=O) groups excluding carboxylic acids is 1. The smallest absolute Gasteiger partial charge is 0.240 e. The van der Waals surface area contributed by atoms with Crippen molar-refractivity contribution in [2.45, 2.75) is 20.3 Å². The normalized spacial score (nSPS) is 9.47. The SMILES string of the molecule is CCCN(CC)c1cncc(N=C=O)c1. The van der Waals surface area contributed by atoms with Gasteiger partial charge in [0.15, 0.2) is 0 Å². The molecule has 1 aromatic heterocycles. The highest BCUT2D eigenvalue weighted by molar-refractivity contribution is 5.56. The first-order chi connectivity index (χ1) is 7.31. The number of anilines is 1. The van der Waals surface area contributed by atoms with Crippen molar-refractivity contribution in [1.29, 1.82) is 0 Å². The summed E-state index contributed by atoms with van der Waals surface area (Å²) < 4.78 is 0. The predicted octanol–water partition coefficient (Wildman–Crippen LogP) is 2.29. The molecule has 0 amide bonds. The van der Waals surface area contributed by atoms with Crippen LogP contribution >= 0.6 is 0 Å². The molecule has 0 aliphatic heterocycles. The van der Waals surface area contributed by atoms with Gasteiger partial charge >= 0.3 is 0 Å². The van der Waals surface area contributed by atoms with E-state index < -0.39 is 0 Å². The molecule has 80 valence electrons. The van der Waals surface area contributed by atoms with Gasteiger partial charge in [-0.1, -0.05) is 6.92 Å². The lowest BCUT2D eigenvalue weighted by atomic mass is 10.3. The van der Waals surface area contributed by atoms with Crippen molar-refractivity contribution in [3.05, 3.63) is 18.5 Å². The Kier molecular flexibility index (Phi) is 4.51. The molecule has 1 aromatic rings. The molecule has 0 atom stereocenters. The summed E-state index contributed by atoms with van der Waals surface area (Å²) in [5.41, 5.74) is 1.55. The second-order valence-corrected chi connectivity index (χ2v) is 3.18. The summed E-state index contributed by atoms with van der Waals surface area (Å²) in [6.45, 7) is 6.12. The molecule has 0 unspecified atom stereocenters. The number of isocyanates is 1. The van der Waals surface area contributed by atoms with Gasteiger partial charge in [-0.05, 0) is 19.4 Å². The summed E-state index contributed by atoms with van der Waals surface area (Å²) in [5, 5.41) is 0. The minimum Gasteiger partial charge on any atom is -0.371 e. The van der Waals surface area contributed by atoms with Crippen LogP contribution in [0.25, 0.3) is 0 Å². The van der Waals surface area contributed by atoms with Crippen molar-refractivity contribution in [2.24, 2.45) is 4.99 Å². The summed E-state index contributed by atoms with van der Waals surface area (Å²) in [5.74, 6) is 0. The summed E-state index contributed by atoms with van der Waals surface area (Å²) in [4.78, 5) is 19.9. The Balaban J connectivity index is 2.91. The minimum absolute atomic E-state index is 0.553. The third-order valence-electron chi connectivity index (χ3n) is 2.12. The molecule has 0 bridgehead atoms. The second kappa shape index (κ2) is 5.94. The maximum absolute atomic E-state index is 10.1. The molecule has 0 radical (unpaired) electrons. The van der Waals surface area contributed by atoms with Crippen molar-refractivity contribution < 1.29 is 4.79 Å². The third-order valence-corrected chi connectivity index (χ3v) is 2.12. The van der Waals surface area contributed by atoms with Gasteiger partial charge in [0.1, 0.15) is 0 Å². The number of pyridine rings is 1. The summed E-state index contributed by atoms with van der Waals surface area (Å²) in [7, 11) is 0. The second-order valence-electron chi connectivity index (χ2n) is 3.18. The fraction of sp³-hybridized carbons (Fsp3) is 0.455. The van der Waals surface area contributed by atoms with Gasteiger partial charge in [0.2, 0.25) is 6.08 Å². The molecular formula is C11H15N3O. The highest BCUT2D eigenvalue weighted by Gasteiger charge is 2.03. The van der Waals surface area contributed by atoms with Crippen LogP contribution in [0.2, 0.25) is 0 Å². The maximum atomic E-state index is 10.1. The Hall–Kier alpha value is -1.67. The Labute approximate surface area is 89.7 Å². The van der Waals surface area contributed by atoms with Crippen molar-refractivity contribution in [3.63, 3.8) is 0 Å². The van der Waals surface area contributed by atoms with E-state index in [1.54, 1.807) is 12.4 Å². The molecule has 0 saturated heterocycles. The first-order valence-electron chi connectivity index (χ1n) is 5.09. The van der Waals surface area contributed by atoms with Crippen LogP contribution in [0.1, 0.15) is 20.3 Å². The van der Waals surface area contributed by atoms with Crippen molar-refractivity contribution >= 4 is 17.5 Å². The zero-order valence-corrected chi connectivity index (χ0v) is 9.10. The molecule has 0 N–H and O–H groups in total. The predicted molar refractivity (Wildman–Crippen MR) is 60.2 cm³/mol. The Morgan fingerprint density at radius 2 is 2.27 bits per heavy atom. The molecule has 0 saturated carbocycles. The molecule has 0 aliphatic carbocycles. The maximum Gasteiger partial charge on any atom is 0.240 e. The quantitative estimate of drug-likeness (QED) is 0.547. The van der Waals surface area contributed by atoms with Crippen molar-refractivity contribution in [2.75, 3.05) is 18.0 Å². The number of hydrogen-bond donors (Lipinski definition) is 0. The van der Waals surface area contributed by atoms with E-state index in [9.17, 15) is 4.79 Å². The lowest BCUT2D eigenvalue weighted by Crippen LogP contribution is -2.23. The van der Waals surface area contributed by atoms with E-state index in [4.69, 9.17) is 0 Å². The van der Waals surface area contributed by atoms with Crippen LogP contribution in [-0.2, 0) is 4.79 Å². The molecule has 15 heavy (non-hydrogen) atoms. The number of nitrogens with zero attached hydrogens (tertiary/aromatic N) is 3. The van der Waals surface area contributed by atoms with Crippen LogP contribution in [0, 0.1) is 0 Å². The number of aliphatic imine (C=N–C) groups is 1. The zero-order valence-electron chi connectivity index (χ0n) is 9.10. The van der Waals surface area contributed by atoms with Gasteiger partial charge < -0.3 is 4.90 Å². The molecule has 1 rings (SSSR count). The number of rotatable bonds is 5. The average molecular weight is 205 g/mol. The highest BCUT2D eigenvalue weighted by Crippen LogP contribution is 2.19. The molecule has 4 heteroatoms. The molecule has 0 fully saturated rings. The molecule has 0 aliphatic rings. The third kappa shape index (κ3) is 3.18. The number of hydrogen-bond acceptors (Lipinski definition) is 4. The van der Waals surface area contributed by atoms with E-state index in [-0.39, 0.29) is 0 Å². The van der Waals surface area contributed by atoms with E-state index in [0.29, 0.717) is 5.69 Å². The van der Waals surface area contributed by atoms with E-state index in [1.807, 2.05) is 6.07 Å². The fourth-order valence-corrected chi connectivity index (χ4v) is 1.44. The van der Waals surface area contributed by atoms with Crippen molar-refractivity contribution in [3.8, 4) is 0 Å². The molecule has 4 nitrogen and oxygen atoms in total. The molecule has 0 aromatic carbocycles. The van der Waals surface area contributed by atoms with Gasteiger partial charge in [-0.2, -0.15) is 4.99 Å². The summed E-state index contributed by atoms with van der Waals surface area (Å²) in [6, 6.07) is 1.84. The van der Waals surface area contributed by atoms with E-state index in [2.05, 4.69) is 28.7 Å². The van der Waals surface area contributed by atoms with Crippen molar-refractivity contribution in [1.82, 2.24) is 4.98 Å².